The first kappa shape index (κ1) is 24.4. The number of hydrogen-bond donors (Lipinski definition) is 2. The molecule has 2 aromatic carbocycles. The number of piperidine rings is 1. The highest BCUT2D eigenvalue weighted by molar-refractivity contribution is 7.87. The van der Waals surface area contributed by atoms with Crippen molar-refractivity contribution in [3.63, 3.8) is 0 Å². The number of pyridine rings is 1. The Morgan fingerprint density at radius 1 is 1.05 bits per heavy atom. The molecule has 9 nitrogen and oxygen atoms in total. The van der Waals surface area contributed by atoms with E-state index in [0.717, 1.165) is 36.2 Å². The Kier molecular flexibility index (Phi) is 6.29. The van der Waals surface area contributed by atoms with Crippen molar-refractivity contribution >= 4 is 26.9 Å². The lowest BCUT2D eigenvalue weighted by Crippen LogP contribution is -2.28. The number of H-pyrrole nitrogens is 1. The van der Waals surface area contributed by atoms with Crippen LogP contribution in [0.25, 0.3) is 22.2 Å². The molecule has 1 amide bonds. The molecule has 6 rings (SSSR count). The third-order valence-electron chi connectivity index (χ3n) is 7.13. The van der Waals surface area contributed by atoms with E-state index >= 15 is 0 Å². The molecule has 2 aromatic heterocycles. The van der Waals surface area contributed by atoms with Gasteiger partial charge in [0.05, 0.1) is 12.7 Å². The topological polar surface area (TPSA) is 114 Å². The molecule has 0 saturated carbocycles. The molecule has 196 valence electrons. The minimum absolute atomic E-state index is 0.0184. The molecule has 1 fully saturated rings. The van der Waals surface area contributed by atoms with Gasteiger partial charge in [-0.1, -0.05) is 18.6 Å². The molecule has 0 spiro atoms. The number of likely N-dealkylation sites (tertiary alicyclic amines) is 1. The number of aromatic amines is 1. The van der Waals surface area contributed by atoms with E-state index in [1.54, 1.807) is 18.2 Å². The molecule has 0 unspecified atom stereocenters. The highest BCUT2D eigenvalue weighted by Crippen LogP contribution is 2.43. The summed E-state index contributed by atoms with van der Waals surface area (Å²) in [4.78, 5) is 22.8. The second kappa shape index (κ2) is 9.77. The molecule has 2 aliphatic rings. The highest BCUT2D eigenvalue weighted by atomic mass is 32.2. The van der Waals surface area contributed by atoms with Crippen molar-refractivity contribution < 1.29 is 22.1 Å². The van der Waals surface area contributed by atoms with Crippen molar-refractivity contribution in [2.75, 3.05) is 20.2 Å². The maximum Gasteiger partial charge on any atom is 0.357 e. The molecule has 4 heterocycles. The Morgan fingerprint density at radius 2 is 1.89 bits per heavy atom. The number of hydrogen-bond acceptors (Lipinski definition) is 7. The van der Waals surface area contributed by atoms with Crippen molar-refractivity contribution in [3.8, 4) is 22.8 Å². The average Bonchev–Trinajstić information content (AvgIpc) is 3.53. The Labute approximate surface area is 220 Å². The lowest BCUT2D eigenvalue weighted by atomic mass is 9.98. The van der Waals surface area contributed by atoms with E-state index in [1.165, 1.54) is 44.2 Å². The first-order valence-corrected chi connectivity index (χ1v) is 14.1. The van der Waals surface area contributed by atoms with Crippen LogP contribution >= 0.6 is 0 Å². The number of nitrogens with one attached hydrogen (secondary N) is 2. The molecule has 1 saturated heterocycles. The quantitative estimate of drug-likeness (QED) is 0.342. The minimum atomic E-state index is -4.24. The summed E-state index contributed by atoms with van der Waals surface area (Å²) in [6.45, 7) is 3.29. The van der Waals surface area contributed by atoms with Crippen LogP contribution in [-0.4, -0.2) is 49.4 Å². The number of carbonyl (C=O) groups is 1. The maximum atomic E-state index is 12.9. The van der Waals surface area contributed by atoms with Crippen LogP contribution in [0.3, 0.4) is 0 Å². The number of benzene rings is 2. The van der Waals surface area contributed by atoms with Gasteiger partial charge in [0.1, 0.15) is 0 Å². The molecule has 0 atom stereocenters. The number of rotatable bonds is 7. The molecule has 0 bridgehead atoms. The van der Waals surface area contributed by atoms with Crippen molar-refractivity contribution in [2.45, 2.75) is 37.4 Å². The van der Waals surface area contributed by atoms with E-state index < -0.39 is 10.1 Å². The number of nitrogens with zero attached hydrogens (tertiary/aromatic N) is 2. The normalized spacial score (nSPS) is 15.9. The summed E-state index contributed by atoms with van der Waals surface area (Å²) < 4.78 is 37.0. The average molecular weight is 533 g/mol. The number of aromatic nitrogens is 2. The van der Waals surface area contributed by atoms with Crippen LogP contribution in [0.4, 0.5) is 0 Å². The Balaban J connectivity index is 1.39. The summed E-state index contributed by atoms with van der Waals surface area (Å²) in [5.41, 5.74) is 4.33. The van der Waals surface area contributed by atoms with Gasteiger partial charge >= 0.3 is 10.1 Å². The molecular formula is C28H28N4O5S. The molecular weight excluding hydrogens is 504 g/mol. The molecule has 38 heavy (non-hydrogen) atoms. The second-order valence-corrected chi connectivity index (χ2v) is 11.1. The van der Waals surface area contributed by atoms with Gasteiger partial charge in [0.2, 0.25) is 0 Å². The van der Waals surface area contributed by atoms with Gasteiger partial charge in [-0.05, 0) is 67.9 Å². The Hall–Kier alpha value is -3.89. The summed E-state index contributed by atoms with van der Waals surface area (Å²) in [5.74, 6) is -0.114. The number of carbonyl (C=O) groups excluding carboxylic acids is 1. The number of ether oxygens (including phenoxy) is 1. The first-order chi connectivity index (χ1) is 18.4. The van der Waals surface area contributed by atoms with Crippen molar-refractivity contribution in [3.05, 3.63) is 71.4 Å². The van der Waals surface area contributed by atoms with E-state index in [1.807, 2.05) is 6.07 Å². The van der Waals surface area contributed by atoms with Gasteiger partial charge in [-0.15, -0.1) is 0 Å². The van der Waals surface area contributed by atoms with Gasteiger partial charge in [0, 0.05) is 47.0 Å². The van der Waals surface area contributed by atoms with Crippen LogP contribution in [0.5, 0.6) is 11.5 Å². The Morgan fingerprint density at radius 3 is 2.66 bits per heavy atom. The Bertz CT molecular complexity index is 1630. The van der Waals surface area contributed by atoms with Gasteiger partial charge in [-0.25, -0.2) is 4.98 Å². The molecule has 10 heteroatoms. The zero-order valence-electron chi connectivity index (χ0n) is 21.0. The molecule has 4 aromatic rings. The van der Waals surface area contributed by atoms with Gasteiger partial charge in [-0.3, -0.25) is 9.69 Å². The van der Waals surface area contributed by atoms with E-state index in [4.69, 9.17) is 8.92 Å². The third-order valence-corrected chi connectivity index (χ3v) is 8.27. The number of fused-ring (bicyclic) bond motifs is 2. The zero-order valence-corrected chi connectivity index (χ0v) is 21.8. The van der Waals surface area contributed by atoms with E-state index in [9.17, 15) is 13.2 Å². The predicted molar refractivity (Wildman–Crippen MR) is 143 cm³/mol. The van der Waals surface area contributed by atoms with Crippen LogP contribution in [0.15, 0.2) is 59.8 Å². The molecule has 0 aliphatic carbocycles. The van der Waals surface area contributed by atoms with Crippen LogP contribution in [0.1, 0.15) is 40.7 Å². The summed E-state index contributed by atoms with van der Waals surface area (Å²) in [7, 11) is -2.80. The summed E-state index contributed by atoms with van der Waals surface area (Å²) in [6.07, 6.45) is 5.17. The van der Waals surface area contributed by atoms with Gasteiger partial charge in [0.15, 0.2) is 16.5 Å². The van der Waals surface area contributed by atoms with Crippen LogP contribution in [0.2, 0.25) is 0 Å². The number of methoxy groups -OCH3 is 1. The monoisotopic (exact) mass is 532 g/mol. The molecule has 2 aliphatic heterocycles. The lowest BCUT2D eigenvalue weighted by molar-refractivity contribution is 0.0966. The van der Waals surface area contributed by atoms with Gasteiger partial charge in [-0.2, -0.15) is 8.42 Å². The van der Waals surface area contributed by atoms with Crippen molar-refractivity contribution in [1.82, 2.24) is 20.2 Å². The van der Waals surface area contributed by atoms with E-state index in [-0.39, 0.29) is 29.0 Å². The van der Waals surface area contributed by atoms with E-state index in [0.29, 0.717) is 16.7 Å². The highest BCUT2D eigenvalue weighted by Gasteiger charge is 2.33. The SMILES string of the molecule is COc1cc(-c2cc3cc(CN4CCCCC4)ccc3[nH]2)c2c(c1OS(=O)(=O)c1ccccn1)CNC2=O. The number of amides is 1. The first-order valence-electron chi connectivity index (χ1n) is 12.6. The van der Waals surface area contributed by atoms with Crippen LogP contribution in [-0.2, 0) is 23.2 Å². The molecule has 0 radical (unpaired) electrons. The fourth-order valence-electron chi connectivity index (χ4n) is 5.28. The maximum absolute atomic E-state index is 12.9. The third kappa shape index (κ3) is 4.50. The predicted octanol–water partition coefficient (Wildman–Crippen LogP) is 4.24. The fraction of sp³-hybridized carbons (Fsp3) is 0.286. The van der Waals surface area contributed by atoms with Crippen LogP contribution in [0, 0.1) is 0 Å². The second-order valence-electron chi connectivity index (χ2n) is 9.64. The smallest absolute Gasteiger partial charge is 0.357 e. The summed E-state index contributed by atoms with van der Waals surface area (Å²) >= 11 is 0. The van der Waals surface area contributed by atoms with E-state index in [2.05, 4.69) is 38.4 Å². The summed E-state index contributed by atoms with van der Waals surface area (Å²) in [5, 5.41) is 3.61. The fourth-order valence-corrected chi connectivity index (χ4v) is 6.21. The van der Waals surface area contributed by atoms with Gasteiger partial charge in [0.25, 0.3) is 5.91 Å². The van der Waals surface area contributed by atoms with Crippen molar-refractivity contribution in [1.29, 1.82) is 0 Å². The zero-order chi connectivity index (χ0) is 26.3. The van der Waals surface area contributed by atoms with Crippen LogP contribution < -0.4 is 14.2 Å². The van der Waals surface area contributed by atoms with Gasteiger partial charge < -0.3 is 19.2 Å². The lowest BCUT2D eigenvalue weighted by Gasteiger charge is -2.26. The largest absolute Gasteiger partial charge is 0.493 e. The van der Waals surface area contributed by atoms with Crippen molar-refractivity contribution in [2.24, 2.45) is 0 Å². The molecule has 2 N–H and O–H groups in total. The summed E-state index contributed by atoms with van der Waals surface area (Å²) in [6, 6.07) is 14.6. The minimum Gasteiger partial charge on any atom is -0.493 e. The standard InChI is InChI=1S/C28H28N4O5S/c1-36-24-15-20(23-14-19-13-18(8-9-22(19)31-23)17-32-11-5-2-6-12-32)26-21(16-30-28(26)33)27(24)37-38(34,35)25-7-3-4-10-29-25/h3-4,7-10,13-15,31H,2,5-6,11-12,16-17H2,1H3,(H,30,33).